The zero-order valence-electron chi connectivity index (χ0n) is 14.5. The van der Waals surface area contributed by atoms with E-state index < -0.39 is 0 Å². The SMILES string of the molecule is CC(=O)CN1C(=O)C(=Cc2ccc(-c3cccc4ccccc34)o2)SC1=S. The van der Waals surface area contributed by atoms with Crippen LogP contribution in [0.1, 0.15) is 12.7 Å². The van der Waals surface area contributed by atoms with Crippen molar-refractivity contribution in [2.75, 3.05) is 6.54 Å². The van der Waals surface area contributed by atoms with Crippen LogP contribution >= 0.6 is 24.0 Å². The number of hydrogen-bond acceptors (Lipinski definition) is 5. The molecule has 4 nitrogen and oxygen atoms in total. The molecule has 0 atom stereocenters. The van der Waals surface area contributed by atoms with Gasteiger partial charge in [0.25, 0.3) is 5.91 Å². The number of carbonyl (C=O) groups excluding carboxylic acids is 2. The molecule has 2 heterocycles. The van der Waals surface area contributed by atoms with E-state index in [2.05, 4.69) is 18.2 Å². The Kier molecular flexibility index (Phi) is 4.68. The molecule has 0 radical (unpaired) electrons. The molecule has 0 spiro atoms. The zero-order chi connectivity index (χ0) is 19.0. The van der Waals surface area contributed by atoms with Crippen LogP contribution in [0.15, 0.2) is 63.9 Å². The Balaban J connectivity index is 1.65. The lowest BCUT2D eigenvalue weighted by atomic mass is 10.0. The molecule has 1 aliphatic heterocycles. The highest BCUT2D eigenvalue weighted by Gasteiger charge is 2.32. The first-order valence-electron chi connectivity index (χ1n) is 8.36. The normalized spacial score (nSPS) is 15.9. The van der Waals surface area contributed by atoms with Crippen LogP contribution in [-0.4, -0.2) is 27.5 Å². The van der Waals surface area contributed by atoms with E-state index in [1.54, 1.807) is 6.08 Å². The maximum Gasteiger partial charge on any atom is 0.266 e. The molecule has 134 valence electrons. The highest BCUT2D eigenvalue weighted by Crippen LogP contribution is 2.34. The summed E-state index contributed by atoms with van der Waals surface area (Å²) < 4.78 is 6.36. The fourth-order valence-electron chi connectivity index (χ4n) is 3.00. The van der Waals surface area contributed by atoms with E-state index in [1.807, 2.05) is 36.4 Å². The summed E-state index contributed by atoms with van der Waals surface area (Å²) >= 11 is 6.39. The summed E-state index contributed by atoms with van der Waals surface area (Å²) in [5.74, 6) is 0.936. The summed E-state index contributed by atoms with van der Waals surface area (Å²) in [4.78, 5) is 25.6. The first kappa shape index (κ1) is 17.7. The third-order valence-corrected chi connectivity index (χ3v) is 5.59. The fourth-order valence-corrected chi connectivity index (χ4v) is 4.24. The van der Waals surface area contributed by atoms with Gasteiger partial charge in [-0.1, -0.05) is 66.4 Å². The monoisotopic (exact) mass is 393 g/mol. The third-order valence-electron chi connectivity index (χ3n) is 4.21. The minimum atomic E-state index is -0.261. The summed E-state index contributed by atoms with van der Waals surface area (Å²) in [6.07, 6.45) is 1.67. The van der Waals surface area contributed by atoms with E-state index in [0.717, 1.165) is 22.1 Å². The smallest absolute Gasteiger partial charge is 0.266 e. The summed E-state index contributed by atoms with van der Waals surface area (Å²) in [5, 5.41) is 2.24. The van der Waals surface area contributed by atoms with Crippen LogP contribution in [0.5, 0.6) is 0 Å². The minimum absolute atomic E-state index is 0.00140. The van der Waals surface area contributed by atoms with Crippen molar-refractivity contribution >= 4 is 56.8 Å². The van der Waals surface area contributed by atoms with E-state index >= 15 is 0 Å². The number of rotatable bonds is 4. The number of furan rings is 1. The van der Waals surface area contributed by atoms with Crippen molar-refractivity contribution in [1.29, 1.82) is 0 Å². The fraction of sp³-hybridized carbons (Fsp3) is 0.0952. The Bertz CT molecular complexity index is 1110. The number of Topliss-reactive ketones (excluding diaryl/α,β-unsaturated/α-hetero) is 1. The third kappa shape index (κ3) is 3.46. The van der Waals surface area contributed by atoms with Gasteiger partial charge in [-0.15, -0.1) is 0 Å². The predicted molar refractivity (Wildman–Crippen MR) is 112 cm³/mol. The highest BCUT2D eigenvalue weighted by molar-refractivity contribution is 8.26. The van der Waals surface area contributed by atoms with E-state index in [1.165, 1.54) is 23.6 Å². The lowest BCUT2D eigenvalue weighted by molar-refractivity contribution is -0.126. The summed E-state index contributed by atoms with van der Waals surface area (Å²) in [7, 11) is 0. The number of amides is 1. The van der Waals surface area contributed by atoms with Crippen molar-refractivity contribution in [3.05, 3.63) is 65.3 Å². The number of hydrogen-bond donors (Lipinski definition) is 0. The molecule has 1 aromatic heterocycles. The number of thioether (sulfide) groups is 1. The van der Waals surface area contributed by atoms with Gasteiger partial charge < -0.3 is 4.42 Å². The molecule has 3 aromatic rings. The lowest BCUT2D eigenvalue weighted by Gasteiger charge is -2.11. The van der Waals surface area contributed by atoms with E-state index in [9.17, 15) is 9.59 Å². The Morgan fingerprint density at radius 2 is 1.93 bits per heavy atom. The summed E-state index contributed by atoms with van der Waals surface area (Å²) in [6, 6.07) is 17.9. The second-order valence-corrected chi connectivity index (χ2v) is 7.87. The van der Waals surface area contributed by atoms with Gasteiger partial charge in [0.1, 0.15) is 21.6 Å². The van der Waals surface area contributed by atoms with Gasteiger partial charge in [-0.25, -0.2) is 0 Å². The second kappa shape index (κ2) is 7.13. The molecule has 27 heavy (non-hydrogen) atoms. The number of ketones is 1. The van der Waals surface area contributed by atoms with Crippen molar-refractivity contribution in [2.24, 2.45) is 0 Å². The van der Waals surface area contributed by atoms with Crippen LogP contribution in [0.2, 0.25) is 0 Å². The van der Waals surface area contributed by atoms with Crippen LogP contribution in [0.3, 0.4) is 0 Å². The molecule has 0 unspecified atom stereocenters. The maximum absolute atomic E-state index is 12.5. The molecule has 1 fully saturated rings. The van der Waals surface area contributed by atoms with Crippen molar-refractivity contribution in [3.8, 4) is 11.3 Å². The zero-order valence-corrected chi connectivity index (χ0v) is 16.1. The Labute approximate surface area is 165 Å². The Morgan fingerprint density at radius 1 is 1.15 bits per heavy atom. The summed E-state index contributed by atoms with van der Waals surface area (Å²) in [6.45, 7) is 1.44. The Morgan fingerprint density at radius 3 is 2.74 bits per heavy atom. The van der Waals surface area contributed by atoms with Crippen LogP contribution in [0.25, 0.3) is 28.2 Å². The van der Waals surface area contributed by atoms with Crippen molar-refractivity contribution < 1.29 is 14.0 Å². The van der Waals surface area contributed by atoms with Gasteiger partial charge >= 0.3 is 0 Å². The van der Waals surface area contributed by atoms with Crippen molar-refractivity contribution in [3.63, 3.8) is 0 Å². The van der Waals surface area contributed by atoms with Crippen LogP contribution in [0.4, 0.5) is 0 Å². The maximum atomic E-state index is 12.5. The number of carbonyl (C=O) groups is 2. The average molecular weight is 393 g/mol. The van der Waals surface area contributed by atoms with Crippen LogP contribution in [0, 0.1) is 0 Å². The van der Waals surface area contributed by atoms with E-state index in [0.29, 0.717) is 15.0 Å². The highest BCUT2D eigenvalue weighted by atomic mass is 32.2. The largest absolute Gasteiger partial charge is 0.457 e. The first-order chi connectivity index (χ1) is 13.0. The van der Waals surface area contributed by atoms with Gasteiger partial charge in [0.15, 0.2) is 0 Å². The lowest BCUT2D eigenvalue weighted by Crippen LogP contribution is -2.32. The number of thiocarbonyl (C=S) groups is 1. The van der Waals surface area contributed by atoms with Gasteiger partial charge in [-0.3, -0.25) is 14.5 Å². The quantitative estimate of drug-likeness (QED) is 0.467. The molecule has 0 aliphatic carbocycles. The van der Waals surface area contributed by atoms with Crippen LogP contribution < -0.4 is 0 Å². The van der Waals surface area contributed by atoms with E-state index in [-0.39, 0.29) is 18.2 Å². The second-order valence-electron chi connectivity index (χ2n) is 6.20. The number of fused-ring (bicyclic) bond motifs is 1. The number of nitrogens with zero attached hydrogens (tertiary/aromatic N) is 1. The van der Waals surface area contributed by atoms with E-state index in [4.69, 9.17) is 16.6 Å². The molecule has 6 heteroatoms. The van der Waals surface area contributed by atoms with Gasteiger partial charge in [-0.05, 0) is 29.8 Å². The molecule has 0 saturated carbocycles. The molecule has 4 rings (SSSR count). The minimum Gasteiger partial charge on any atom is -0.457 e. The molecule has 2 aromatic carbocycles. The Hall–Kier alpha value is -2.70. The summed E-state index contributed by atoms with van der Waals surface area (Å²) in [5.41, 5.74) is 0.997. The molecule has 1 saturated heterocycles. The molecule has 0 bridgehead atoms. The molecular formula is C21H15NO3S2. The molecule has 1 aliphatic rings. The average Bonchev–Trinajstić information content (AvgIpc) is 3.21. The molecular weight excluding hydrogens is 378 g/mol. The van der Waals surface area contributed by atoms with Gasteiger partial charge in [-0.2, -0.15) is 0 Å². The molecule has 0 N–H and O–H groups in total. The van der Waals surface area contributed by atoms with Crippen molar-refractivity contribution in [1.82, 2.24) is 4.90 Å². The van der Waals surface area contributed by atoms with Crippen LogP contribution in [-0.2, 0) is 9.59 Å². The standard InChI is InChI=1S/C21H15NO3S2/c1-13(23)12-22-20(24)19(27-21(22)26)11-15-9-10-18(25-15)17-8-4-6-14-5-2-3-7-16(14)17/h2-11H,12H2,1H3. The predicted octanol–water partition coefficient (Wildman–Crippen LogP) is 4.89. The van der Waals surface area contributed by atoms with Crippen molar-refractivity contribution in [2.45, 2.75) is 6.92 Å². The molecule has 1 amide bonds. The van der Waals surface area contributed by atoms with Gasteiger partial charge in [0.05, 0.1) is 11.4 Å². The number of benzene rings is 2. The van der Waals surface area contributed by atoms with Gasteiger partial charge in [0.2, 0.25) is 0 Å². The topological polar surface area (TPSA) is 50.5 Å². The van der Waals surface area contributed by atoms with Gasteiger partial charge in [0, 0.05) is 11.6 Å². The first-order valence-corrected chi connectivity index (χ1v) is 9.58.